The first-order valence-electron chi connectivity index (χ1n) is 7.04. The number of aromatic nitrogens is 3. The second-order valence-electron chi connectivity index (χ2n) is 4.88. The van der Waals surface area contributed by atoms with Gasteiger partial charge in [0.25, 0.3) is 0 Å². The van der Waals surface area contributed by atoms with Crippen LogP contribution in [0.2, 0.25) is 0 Å². The standard InChI is InChI=1S/C16H17N3OS/c1-2-3-8-20-14-5-4-11(9-15(14)21)12-6-7-17-16-13(12)10-18-19-16/h4-7,9-10,21H,2-3,8H2,1H3,(H,17,18,19). The van der Waals surface area contributed by atoms with E-state index < -0.39 is 0 Å². The van der Waals surface area contributed by atoms with E-state index in [1.54, 1.807) is 12.4 Å². The van der Waals surface area contributed by atoms with Crippen LogP contribution in [0.4, 0.5) is 0 Å². The highest BCUT2D eigenvalue weighted by Crippen LogP contribution is 2.32. The molecule has 2 heterocycles. The van der Waals surface area contributed by atoms with E-state index in [9.17, 15) is 0 Å². The first kappa shape index (κ1) is 13.9. The molecule has 0 aliphatic carbocycles. The third-order valence-corrected chi connectivity index (χ3v) is 3.73. The van der Waals surface area contributed by atoms with Crippen molar-refractivity contribution in [2.24, 2.45) is 0 Å². The van der Waals surface area contributed by atoms with Crippen LogP contribution in [0, 0.1) is 0 Å². The topological polar surface area (TPSA) is 50.8 Å². The number of rotatable bonds is 5. The van der Waals surface area contributed by atoms with Gasteiger partial charge in [0.2, 0.25) is 0 Å². The quantitative estimate of drug-likeness (QED) is 0.551. The molecule has 21 heavy (non-hydrogen) atoms. The highest BCUT2D eigenvalue weighted by molar-refractivity contribution is 7.80. The van der Waals surface area contributed by atoms with Gasteiger partial charge in [0, 0.05) is 16.5 Å². The number of ether oxygens (including phenoxy) is 1. The molecule has 0 aliphatic heterocycles. The third kappa shape index (κ3) is 2.88. The molecule has 0 fully saturated rings. The van der Waals surface area contributed by atoms with E-state index in [2.05, 4.69) is 34.7 Å². The van der Waals surface area contributed by atoms with Gasteiger partial charge in [-0.25, -0.2) is 4.98 Å². The Balaban J connectivity index is 1.93. The normalized spacial score (nSPS) is 11.0. The summed E-state index contributed by atoms with van der Waals surface area (Å²) in [6.45, 7) is 2.87. The number of benzene rings is 1. The van der Waals surface area contributed by atoms with Gasteiger partial charge in [0.05, 0.1) is 12.8 Å². The number of nitrogens with zero attached hydrogens (tertiary/aromatic N) is 2. The fourth-order valence-corrected chi connectivity index (χ4v) is 2.51. The van der Waals surface area contributed by atoms with Crippen LogP contribution in [0.25, 0.3) is 22.2 Å². The summed E-state index contributed by atoms with van der Waals surface area (Å²) in [5.74, 6) is 0.827. The molecular weight excluding hydrogens is 282 g/mol. The van der Waals surface area contributed by atoms with Gasteiger partial charge in [0.15, 0.2) is 5.65 Å². The molecular formula is C16H17N3OS. The number of H-pyrrole nitrogens is 1. The third-order valence-electron chi connectivity index (χ3n) is 3.38. The van der Waals surface area contributed by atoms with Crippen molar-refractivity contribution in [3.8, 4) is 16.9 Å². The predicted octanol–water partition coefficient (Wildman–Crippen LogP) is 4.09. The number of nitrogens with one attached hydrogen (secondary N) is 1. The van der Waals surface area contributed by atoms with Crippen molar-refractivity contribution in [3.05, 3.63) is 36.7 Å². The molecule has 0 saturated heterocycles. The Labute approximate surface area is 129 Å². The summed E-state index contributed by atoms with van der Waals surface area (Å²) >= 11 is 4.54. The van der Waals surface area contributed by atoms with Crippen LogP contribution >= 0.6 is 12.6 Å². The monoisotopic (exact) mass is 299 g/mol. The molecule has 4 nitrogen and oxygen atoms in total. The largest absolute Gasteiger partial charge is 0.492 e. The lowest BCUT2D eigenvalue weighted by atomic mass is 10.0. The Morgan fingerprint density at radius 1 is 1.29 bits per heavy atom. The van der Waals surface area contributed by atoms with E-state index >= 15 is 0 Å². The van der Waals surface area contributed by atoms with Crippen molar-refractivity contribution in [2.45, 2.75) is 24.7 Å². The van der Waals surface area contributed by atoms with Crippen molar-refractivity contribution >= 4 is 23.7 Å². The number of thiol groups is 1. The molecule has 0 aliphatic rings. The predicted molar refractivity (Wildman–Crippen MR) is 87.0 cm³/mol. The summed E-state index contributed by atoms with van der Waals surface area (Å²) in [7, 11) is 0. The highest BCUT2D eigenvalue weighted by atomic mass is 32.1. The molecule has 1 aromatic carbocycles. The first-order valence-corrected chi connectivity index (χ1v) is 7.48. The Bertz CT molecular complexity index is 754. The SMILES string of the molecule is CCCCOc1ccc(-c2ccnc3[nH]ncc23)cc1S. The zero-order valence-electron chi connectivity index (χ0n) is 11.8. The van der Waals surface area contributed by atoms with Crippen molar-refractivity contribution in [1.29, 1.82) is 0 Å². The average molecular weight is 299 g/mol. The Hall–Kier alpha value is -2.01. The number of pyridine rings is 1. The summed E-state index contributed by atoms with van der Waals surface area (Å²) in [6.07, 6.45) is 5.74. The fourth-order valence-electron chi connectivity index (χ4n) is 2.24. The van der Waals surface area contributed by atoms with E-state index in [-0.39, 0.29) is 0 Å². The smallest absolute Gasteiger partial charge is 0.155 e. The van der Waals surface area contributed by atoms with Gasteiger partial charge in [-0.2, -0.15) is 5.10 Å². The molecule has 0 spiro atoms. The molecule has 1 N–H and O–H groups in total. The summed E-state index contributed by atoms with van der Waals surface area (Å²) < 4.78 is 5.73. The lowest BCUT2D eigenvalue weighted by molar-refractivity contribution is 0.302. The average Bonchev–Trinajstić information content (AvgIpc) is 2.97. The maximum absolute atomic E-state index is 5.73. The molecule has 0 saturated carbocycles. The van der Waals surface area contributed by atoms with Crippen LogP contribution in [0.1, 0.15) is 19.8 Å². The Kier molecular flexibility index (Phi) is 4.10. The van der Waals surface area contributed by atoms with Crippen molar-refractivity contribution in [1.82, 2.24) is 15.2 Å². The minimum atomic E-state index is 0.727. The lowest BCUT2D eigenvalue weighted by Crippen LogP contribution is -1.97. The zero-order valence-corrected chi connectivity index (χ0v) is 12.7. The van der Waals surface area contributed by atoms with E-state index in [1.807, 2.05) is 24.3 Å². The number of aromatic amines is 1. The van der Waals surface area contributed by atoms with Crippen molar-refractivity contribution < 1.29 is 4.74 Å². The van der Waals surface area contributed by atoms with Crippen LogP contribution < -0.4 is 4.74 Å². The molecule has 3 aromatic rings. The summed E-state index contributed by atoms with van der Waals surface area (Å²) in [5.41, 5.74) is 2.96. The number of hydrogen-bond acceptors (Lipinski definition) is 4. The Morgan fingerprint density at radius 3 is 3.00 bits per heavy atom. The fraction of sp³-hybridized carbons (Fsp3) is 0.250. The van der Waals surface area contributed by atoms with Crippen molar-refractivity contribution in [3.63, 3.8) is 0 Å². The zero-order chi connectivity index (χ0) is 14.7. The highest BCUT2D eigenvalue weighted by Gasteiger charge is 2.08. The van der Waals surface area contributed by atoms with E-state index in [0.29, 0.717) is 0 Å². The van der Waals surface area contributed by atoms with Gasteiger partial charge in [-0.05, 0) is 35.7 Å². The second-order valence-corrected chi connectivity index (χ2v) is 5.36. The molecule has 3 rings (SSSR count). The van der Waals surface area contributed by atoms with Crippen LogP contribution in [0.3, 0.4) is 0 Å². The van der Waals surface area contributed by atoms with Crippen molar-refractivity contribution in [2.75, 3.05) is 6.61 Å². The van der Waals surface area contributed by atoms with Crippen LogP contribution in [-0.4, -0.2) is 21.8 Å². The van der Waals surface area contributed by atoms with Gasteiger partial charge in [0.1, 0.15) is 5.75 Å². The van der Waals surface area contributed by atoms with E-state index in [0.717, 1.165) is 52.3 Å². The van der Waals surface area contributed by atoms with Gasteiger partial charge < -0.3 is 4.74 Å². The lowest BCUT2D eigenvalue weighted by Gasteiger charge is -2.10. The summed E-state index contributed by atoms with van der Waals surface area (Å²) in [5, 5.41) is 7.94. The minimum absolute atomic E-state index is 0.727. The van der Waals surface area contributed by atoms with Crippen LogP contribution in [0.15, 0.2) is 41.6 Å². The molecule has 0 unspecified atom stereocenters. The molecule has 0 atom stereocenters. The molecule has 5 heteroatoms. The van der Waals surface area contributed by atoms with Gasteiger partial charge in [-0.15, -0.1) is 12.6 Å². The van der Waals surface area contributed by atoms with Crippen LogP contribution in [0.5, 0.6) is 5.75 Å². The van der Waals surface area contributed by atoms with Gasteiger partial charge >= 0.3 is 0 Å². The molecule has 0 bridgehead atoms. The minimum Gasteiger partial charge on any atom is -0.492 e. The maximum atomic E-state index is 5.73. The molecule has 2 aromatic heterocycles. The number of hydrogen-bond donors (Lipinski definition) is 2. The van der Waals surface area contributed by atoms with Gasteiger partial charge in [-0.3, -0.25) is 5.10 Å². The molecule has 0 radical (unpaired) electrons. The number of fused-ring (bicyclic) bond motifs is 1. The van der Waals surface area contributed by atoms with E-state index in [1.165, 1.54) is 0 Å². The molecule has 0 amide bonds. The van der Waals surface area contributed by atoms with Gasteiger partial charge in [-0.1, -0.05) is 19.4 Å². The first-order chi connectivity index (χ1) is 10.3. The van der Waals surface area contributed by atoms with E-state index in [4.69, 9.17) is 4.74 Å². The second kappa shape index (κ2) is 6.18. The maximum Gasteiger partial charge on any atom is 0.155 e. The number of unbranched alkanes of at least 4 members (excludes halogenated alkanes) is 1. The summed E-state index contributed by atoms with van der Waals surface area (Å²) in [4.78, 5) is 5.10. The Morgan fingerprint density at radius 2 is 2.19 bits per heavy atom. The van der Waals surface area contributed by atoms with Crippen LogP contribution in [-0.2, 0) is 0 Å². The molecule has 108 valence electrons. The summed E-state index contributed by atoms with van der Waals surface area (Å²) in [6, 6.07) is 8.02.